The lowest BCUT2D eigenvalue weighted by Gasteiger charge is -2.47. The van der Waals surface area contributed by atoms with Gasteiger partial charge in [0.25, 0.3) is 5.91 Å². The van der Waals surface area contributed by atoms with Crippen LogP contribution in [0.1, 0.15) is 93.1 Å². The number of carbonyl (C=O) groups excluding carboxylic acids is 3. The molecule has 3 fully saturated rings. The third-order valence-corrected chi connectivity index (χ3v) is 13.1. The van der Waals surface area contributed by atoms with Gasteiger partial charge in [0.2, 0.25) is 6.10 Å². The quantitative estimate of drug-likeness (QED) is 0.271. The molecule has 2 aromatic heterocycles. The fourth-order valence-electron chi connectivity index (χ4n) is 9.58. The number of aryl methyl sites for hydroxylation is 1. The molecule has 1 unspecified atom stereocenters. The number of Topliss-reactive ketones (excluding diaryl/α,β-unsaturated/α-hetero) is 1. The summed E-state index contributed by atoms with van der Waals surface area (Å²) in [6, 6.07) is 5.37. The molecule has 6 heterocycles. The van der Waals surface area contributed by atoms with Gasteiger partial charge >= 0.3 is 5.97 Å². The number of aliphatic imine (C=N–C) groups is 1. The number of amides is 1. The number of oxime groups is 1. The van der Waals surface area contributed by atoms with Crippen LogP contribution in [0.2, 0.25) is 0 Å². The second-order valence-corrected chi connectivity index (χ2v) is 18.3. The number of cyclic esters (lactones) is 1. The number of aromatic nitrogens is 3. The summed E-state index contributed by atoms with van der Waals surface area (Å²) in [5.74, 6) is -4.69. The molecule has 4 aliphatic heterocycles. The summed E-state index contributed by atoms with van der Waals surface area (Å²) in [5.41, 5.74) is -1.56. The molecule has 17 heteroatoms. The average Bonchev–Trinajstić information content (AvgIpc) is 3.77. The number of hydrogen-bond donors (Lipinski definition) is 2. The summed E-state index contributed by atoms with van der Waals surface area (Å²) < 4.78 is 34.2. The lowest BCUT2D eigenvalue weighted by molar-refractivity contribution is -0.296. The van der Waals surface area contributed by atoms with Gasteiger partial charge < -0.3 is 43.6 Å². The van der Waals surface area contributed by atoms with E-state index in [1.807, 2.05) is 71.1 Å². The summed E-state index contributed by atoms with van der Waals surface area (Å²) >= 11 is 0. The molecule has 14 atom stereocenters. The van der Waals surface area contributed by atoms with Gasteiger partial charge in [0.05, 0.1) is 37.1 Å². The highest BCUT2D eigenvalue weighted by Crippen LogP contribution is 2.40. The molecule has 2 N–H and O–H groups in total. The number of rotatable bonds is 9. The number of aliphatic hydroxyl groups excluding tert-OH is 1. The largest absolute Gasteiger partial charge is 0.459 e. The maximum absolute atomic E-state index is 14.5. The Labute approximate surface area is 364 Å². The number of aliphatic hydroxyl groups is 2. The number of hydrogen-bond acceptors (Lipinski definition) is 15. The Hall–Kier alpha value is -3.97. The Kier molecular flexibility index (Phi) is 15.2. The van der Waals surface area contributed by atoms with E-state index >= 15 is 0 Å². The minimum atomic E-state index is -1.83. The van der Waals surface area contributed by atoms with Crippen LogP contribution >= 0.6 is 0 Å². The van der Waals surface area contributed by atoms with Crippen molar-refractivity contribution in [1.82, 2.24) is 19.7 Å². The third-order valence-electron chi connectivity index (χ3n) is 13.1. The summed E-state index contributed by atoms with van der Waals surface area (Å²) in [4.78, 5) is 60.1. The molecule has 6 rings (SSSR count). The predicted octanol–water partition coefficient (Wildman–Crippen LogP) is 3.89. The number of fused-ring (bicyclic) bond motifs is 4. The van der Waals surface area contributed by atoms with E-state index in [4.69, 9.17) is 33.5 Å². The number of ketones is 1. The molecule has 2 aromatic rings. The van der Waals surface area contributed by atoms with Crippen molar-refractivity contribution in [1.29, 1.82) is 0 Å². The highest BCUT2D eigenvalue weighted by molar-refractivity contribution is 6.01. The van der Waals surface area contributed by atoms with Gasteiger partial charge in [-0.15, -0.1) is 0 Å². The zero-order valence-electron chi connectivity index (χ0n) is 37.8. The first-order valence-corrected chi connectivity index (χ1v) is 22.0. The van der Waals surface area contributed by atoms with E-state index in [1.165, 1.54) is 13.8 Å². The number of ether oxygens (including phenoxy) is 5. The van der Waals surface area contributed by atoms with Crippen molar-refractivity contribution in [2.24, 2.45) is 33.8 Å². The van der Waals surface area contributed by atoms with E-state index in [0.717, 1.165) is 5.56 Å². The Balaban J connectivity index is 1.41. The summed E-state index contributed by atoms with van der Waals surface area (Å²) in [6.45, 7) is 13.5. The average molecular weight is 867 g/mol. The Bertz CT molecular complexity index is 1920. The van der Waals surface area contributed by atoms with Crippen molar-refractivity contribution in [3.63, 3.8) is 0 Å². The van der Waals surface area contributed by atoms with E-state index in [2.05, 4.69) is 15.2 Å². The molecule has 0 aliphatic carbocycles. The van der Waals surface area contributed by atoms with Crippen molar-refractivity contribution in [3.05, 3.63) is 42.4 Å². The SMILES string of the molecule is CC[C@H]1OC(=O)[C@H](C)C(=O)[C@H](C)[C@@H](O[C@@H]2O[C@H](C)C[C@H](N(C)C)[C@H]2O)[C@@]2(C)C[C@@H](C)C3=NC(=O)C(CCCc4ccc(-n5cccn5)nc4)O/N=C(/CO[C@H]([C@H]3C)[C@]1(C)O)CO2. The minimum absolute atomic E-state index is 0.159. The van der Waals surface area contributed by atoms with Gasteiger partial charge in [-0.25, -0.2) is 14.7 Å². The molecule has 0 spiro atoms. The first-order valence-electron chi connectivity index (χ1n) is 22.0. The van der Waals surface area contributed by atoms with Crippen LogP contribution in [-0.4, -0.2) is 146 Å². The normalized spacial score (nSPS) is 38.6. The first-order chi connectivity index (χ1) is 29.3. The molecule has 0 saturated carbocycles. The van der Waals surface area contributed by atoms with Gasteiger partial charge in [0.1, 0.15) is 29.4 Å². The second-order valence-electron chi connectivity index (χ2n) is 18.3. The fourth-order valence-corrected chi connectivity index (χ4v) is 9.58. The van der Waals surface area contributed by atoms with E-state index in [0.29, 0.717) is 30.8 Å². The van der Waals surface area contributed by atoms with E-state index in [9.17, 15) is 24.6 Å². The first kappa shape index (κ1) is 47.5. The third kappa shape index (κ3) is 10.4. The van der Waals surface area contributed by atoms with Crippen LogP contribution in [0.5, 0.6) is 0 Å². The summed E-state index contributed by atoms with van der Waals surface area (Å²) in [6.07, 6.45) is 0.721. The highest BCUT2D eigenvalue weighted by Gasteiger charge is 2.53. The van der Waals surface area contributed by atoms with Gasteiger partial charge in [0.15, 0.2) is 17.9 Å². The van der Waals surface area contributed by atoms with Gasteiger partial charge in [-0.3, -0.25) is 14.4 Å². The van der Waals surface area contributed by atoms with Crippen LogP contribution < -0.4 is 0 Å². The Morgan fingerprint density at radius 1 is 1.05 bits per heavy atom. The molecule has 1 amide bonds. The van der Waals surface area contributed by atoms with Gasteiger partial charge in [-0.05, 0) is 104 Å². The summed E-state index contributed by atoms with van der Waals surface area (Å²) in [5, 5.41) is 32.8. The van der Waals surface area contributed by atoms with E-state index in [-0.39, 0.29) is 50.3 Å². The van der Waals surface area contributed by atoms with Crippen LogP contribution in [0.15, 0.2) is 46.9 Å². The van der Waals surface area contributed by atoms with Crippen molar-refractivity contribution in [3.8, 4) is 5.82 Å². The zero-order chi connectivity index (χ0) is 45.1. The van der Waals surface area contributed by atoms with Gasteiger partial charge in [0, 0.05) is 42.2 Å². The lowest BCUT2D eigenvalue weighted by atomic mass is 9.73. The van der Waals surface area contributed by atoms with Crippen LogP contribution in [0.3, 0.4) is 0 Å². The maximum atomic E-state index is 14.5. The minimum Gasteiger partial charge on any atom is -0.459 e. The molecule has 0 aromatic carbocycles. The number of nitrogens with zero attached hydrogens (tertiary/aromatic N) is 6. The van der Waals surface area contributed by atoms with Crippen molar-refractivity contribution in [2.75, 3.05) is 27.3 Å². The molecule has 0 radical (unpaired) electrons. The smallest absolute Gasteiger partial charge is 0.316 e. The number of esters is 1. The molecular formula is C45H66N6O11. The van der Waals surface area contributed by atoms with Crippen molar-refractivity contribution >= 4 is 29.1 Å². The Morgan fingerprint density at radius 3 is 2.47 bits per heavy atom. The zero-order valence-corrected chi connectivity index (χ0v) is 37.8. The van der Waals surface area contributed by atoms with Crippen molar-refractivity contribution in [2.45, 2.75) is 154 Å². The molecule has 62 heavy (non-hydrogen) atoms. The van der Waals surface area contributed by atoms with E-state index in [1.54, 1.807) is 30.9 Å². The second kappa shape index (κ2) is 19.8. The standard InChI is InChI=1S/C45H66N6O11/c1-11-34-45(8,56)40-27(4)36-25(2)21-44(7,39(28(5)37(52)29(6)42(55)60-34)61-43-38(53)32(50(9)10)20-26(3)59-43)58-24-31(23-57-40)49-62-33(41(54)48-36)15-12-14-30-16-17-35(46-22-30)51-19-13-18-47-51/h13,16-19,22,25-29,32-34,38-40,43,53,56H,11-12,14-15,20-21,23-24H2,1-10H3/b48-36?,49-31-/t25-,26-,27+,28+,29-,32+,33?,34-,38-,39-,40-,43+,44-,45-/m1/s1. The van der Waals surface area contributed by atoms with Crippen molar-refractivity contribution < 1.29 is 53.1 Å². The lowest BCUT2D eigenvalue weighted by Crippen LogP contribution is -2.60. The maximum Gasteiger partial charge on any atom is 0.316 e. The highest BCUT2D eigenvalue weighted by atomic mass is 16.7. The van der Waals surface area contributed by atoms with Crippen LogP contribution in [0.4, 0.5) is 0 Å². The molecular weight excluding hydrogens is 801 g/mol. The molecule has 342 valence electrons. The fraction of sp³-hybridized carbons (Fsp3) is 0.711. The van der Waals surface area contributed by atoms with Crippen LogP contribution in [0, 0.1) is 23.7 Å². The molecule has 4 bridgehead atoms. The number of pyridine rings is 1. The van der Waals surface area contributed by atoms with E-state index < -0.39 is 89.3 Å². The molecule has 17 nitrogen and oxygen atoms in total. The monoisotopic (exact) mass is 866 g/mol. The van der Waals surface area contributed by atoms with Gasteiger partial charge in [-0.1, -0.05) is 38.9 Å². The van der Waals surface area contributed by atoms with Crippen LogP contribution in [-0.2, 0) is 49.3 Å². The number of carbonyl (C=O) groups is 3. The molecule has 4 aliphatic rings. The van der Waals surface area contributed by atoms with Gasteiger partial charge in [-0.2, -0.15) is 5.10 Å². The van der Waals surface area contributed by atoms with Crippen LogP contribution in [0.25, 0.3) is 5.82 Å². The Morgan fingerprint density at radius 2 is 1.81 bits per heavy atom. The number of likely N-dealkylation sites (N-methyl/N-ethyl adjacent to an activating group) is 1. The predicted molar refractivity (Wildman–Crippen MR) is 228 cm³/mol. The summed E-state index contributed by atoms with van der Waals surface area (Å²) in [7, 11) is 3.74. The topological polar surface area (TPSA) is 206 Å². The molecule has 3 saturated heterocycles.